The molecule has 8 heteroatoms. The number of benzene rings is 3. The lowest BCUT2D eigenvalue weighted by Gasteiger charge is -2.11. The second kappa shape index (κ2) is 10.5. The molecule has 35 heavy (non-hydrogen) atoms. The summed E-state index contributed by atoms with van der Waals surface area (Å²) in [7, 11) is 0. The maximum absolute atomic E-state index is 12.5. The number of aromatic nitrogens is 2. The molecule has 0 radical (unpaired) electrons. The number of carboxylic acid groups (broad SMARTS) is 1. The Morgan fingerprint density at radius 3 is 2.43 bits per heavy atom. The van der Waals surface area contributed by atoms with Crippen molar-refractivity contribution in [2.24, 2.45) is 5.73 Å². The van der Waals surface area contributed by atoms with E-state index in [1.807, 2.05) is 79.0 Å². The van der Waals surface area contributed by atoms with Gasteiger partial charge in [0.15, 0.2) is 0 Å². The number of amides is 2. The van der Waals surface area contributed by atoms with Crippen LogP contribution in [0.25, 0.3) is 33.8 Å². The van der Waals surface area contributed by atoms with E-state index in [4.69, 9.17) is 10.8 Å². The molecule has 2 amide bonds. The molecular weight excluding hydrogens is 444 g/mol. The summed E-state index contributed by atoms with van der Waals surface area (Å²) in [5, 5.41) is 18.7. The average molecular weight is 469 g/mol. The molecule has 0 aliphatic rings. The topological polar surface area (TPSA) is 127 Å². The Labute approximate surface area is 201 Å². The molecule has 0 unspecified atom stereocenters. The number of carboxylic acids is 1. The van der Waals surface area contributed by atoms with Crippen LogP contribution in [-0.2, 0) is 14.4 Å². The van der Waals surface area contributed by atoms with Gasteiger partial charge in [-0.05, 0) is 41.5 Å². The summed E-state index contributed by atoms with van der Waals surface area (Å²) in [6, 6.07) is 22.4. The molecular formula is C27H24N4O4. The van der Waals surface area contributed by atoms with Gasteiger partial charge in [0, 0.05) is 29.8 Å². The minimum Gasteiger partial charge on any atom is -0.480 e. The lowest BCUT2D eigenvalue weighted by Crippen LogP contribution is -2.40. The molecule has 0 bridgehead atoms. The molecule has 1 heterocycles. The Balaban J connectivity index is 1.65. The first-order valence-electron chi connectivity index (χ1n) is 11.0. The zero-order chi connectivity index (χ0) is 24.8. The van der Waals surface area contributed by atoms with Crippen molar-refractivity contribution in [2.75, 3.05) is 0 Å². The third-order valence-corrected chi connectivity index (χ3v) is 5.49. The van der Waals surface area contributed by atoms with Crippen molar-refractivity contribution < 1.29 is 19.5 Å². The molecule has 4 rings (SSSR count). The zero-order valence-electron chi connectivity index (χ0n) is 18.8. The van der Waals surface area contributed by atoms with Gasteiger partial charge in [0.2, 0.25) is 11.8 Å². The molecule has 0 saturated carbocycles. The molecule has 176 valence electrons. The molecule has 8 nitrogen and oxygen atoms in total. The lowest BCUT2D eigenvalue weighted by molar-refractivity contribution is -0.141. The molecule has 1 atom stereocenters. The lowest BCUT2D eigenvalue weighted by atomic mass is 10.0. The summed E-state index contributed by atoms with van der Waals surface area (Å²) in [6.45, 7) is 0. The minimum atomic E-state index is -1.23. The van der Waals surface area contributed by atoms with Crippen LogP contribution in [0.5, 0.6) is 0 Å². The van der Waals surface area contributed by atoms with Gasteiger partial charge in [-0.1, -0.05) is 54.6 Å². The fourth-order valence-corrected chi connectivity index (χ4v) is 3.71. The largest absolute Gasteiger partial charge is 0.480 e. The molecule has 0 fully saturated rings. The van der Waals surface area contributed by atoms with E-state index in [9.17, 15) is 19.5 Å². The molecule has 3 aromatic carbocycles. The molecule has 0 spiro atoms. The van der Waals surface area contributed by atoms with Crippen LogP contribution in [0.15, 0.2) is 85.1 Å². The first-order valence-corrected chi connectivity index (χ1v) is 11.0. The van der Waals surface area contributed by atoms with Gasteiger partial charge in [0.1, 0.15) is 6.04 Å². The van der Waals surface area contributed by atoms with Crippen LogP contribution < -0.4 is 11.1 Å². The van der Waals surface area contributed by atoms with Gasteiger partial charge in [-0.3, -0.25) is 9.59 Å². The maximum atomic E-state index is 12.5. The van der Waals surface area contributed by atoms with E-state index in [1.54, 1.807) is 10.8 Å². The third kappa shape index (κ3) is 5.80. The number of carbonyl (C=O) groups excluding carboxylic acids is 2. The summed E-state index contributed by atoms with van der Waals surface area (Å²) in [6.07, 6.45) is 4.44. The summed E-state index contributed by atoms with van der Waals surface area (Å²) >= 11 is 0. The second-order valence-corrected chi connectivity index (χ2v) is 8.01. The molecule has 4 aromatic rings. The predicted octanol–water partition coefficient (Wildman–Crippen LogP) is 3.54. The summed E-state index contributed by atoms with van der Waals surface area (Å²) in [5.74, 6) is -2.46. The van der Waals surface area contributed by atoms with Crippen LogP contribution >= 0.6 is 0 Å². The highest BCUT2D eigenvalue weighted by Gasteiger charge is 2.19. The maximum Gasteiger partial charge on any atom is 0.326 e. The number of nitrogens with two attached hydrogens (primary N) is 1. The highest BCUT2D eigenvalue weighted by molar-refractivity contribution is 5.96. The van der Waals surface area contributed by atoms with E-state index in [-0.39, 0.29) is 12.8 Å². The van der Waals surface area contributed by atoms with Gasteiger partial charge >= 0.3 is 5.97 Å². The monoisotopic (exact) mass is 468 g/mol. The van der Waals surface area contributed by atoms with E-state index in [2.05, 4.69) is 5.32 Å². The van der Waals surface area contributed by atoms with Crippen LogP contribution in [0, 0.1) is 0 Å². The molecule has 0 saturated heterocycles. The minimum absolute atomic E-state index is 0.0848. The first-order chi connectivity index (χ1) is 16.9. The summed E-state index contributed by atoms with van der Waals surface area (Å²) < 4.78 is 1.73. The number of nitrogens with zero attached hydrogens (tertiary/aromatic N) is 2. The standard InChI is InChI=1S/C27H24N4O4/c28-24(32)14-13-23(27(34)35)29-25(33)15-12-21-17-31(22-8-2-1-3-9-22)30-26(21)20-11-10-18-6-4-5-7-19(18)16-20/h1-12,15-17,23H,13-14H2,(H2,28,32)(H,29,33)(H,34,35)/t23-/m0/s1. The SMILES string of the molecule is NC(=O)CC[C@H](NC(=O)C=Cc1cn(-c2ccccc2)nc1-c1ccc2ccccc2c1)C(=O)O. The number of rotatable bonds is 9. The highest BCUT2D eigenvalue weighted by Crippen LogP contribution is 2.28. The van der Waals surface area contributed by atoms with Crippen molar-refractivity contribution in [1.82, 2.24) is 15.1 Å². The average Bonchev–Trinajstić information content (AvgIpc) is 3.29. The number of hydrogen-bond donors (Lipinski definition) is 3. The van der Waals surface area contributed by atoms with Crippen LogP contribution in [0.1, 0.15) is 18.4 Å². The van der Waals surface area contributed by atoms with Crippen LogP contribution in [0.2, 0.25) is 0 Å². The van der Waals surface area contributed by atoms with Gasteiger partial charge < -0.3 is 16.2 Å². The van der Waals surface area contributed by atoms with Crippen molar-refractivity contribution in [3.05, 3.63) is 90.6 Å². The Morgan fingerprint density at radius 2 is 1.71 bits per heavy atom. The van der Waals surface area contributed by atoms with Crippen LogP contribution in [-0.4, -0.2) is 38.7 Å². The second-order valence-electron chi connectivity index (χ2n) is 8.01. The molecule has 4 N–H and O–H groups in total. The Hall–Kier alpha value is -4.72. The number of fused-ring (bicyclic) bond motifs is 1. The van der Waals surface area contributed by atoms with Gasteiger partial charge in [-0.2, -0.15) is 5.10 Å². The smallest absolute Gasteiger partial charge is 0.326 e. The van der Waals surface area contributed by atoms with Gasteiger partial charge in [-0.15, -0.1) is 0 Å². The molecule has 0 aliphatic heterocycles. The fraction of sp³-hybridized carbons (Fsp3) is 0.111. The quantitative estimate of drug-likeness (QED) is 0.324. The third-order valence-electron chi connectivity index (χ3n) is 5.49. The van der Waals surface area contributed by atoms with Crippen LogP contribution in [0.3, 0.4) is 0 Å². The number of aliphatic carboxylic acids is 1. The van der Waals surface area contributed by atoms with Crippen molar-refractivity contribution in [3.8, 4) is 16.9 Å². The van der Waals surface area contributed by atoms with E-state index >= 15 is 0 Å². The summed E-state index contributed by atoms with van der Waals surface area (Å²) in [4.78, 5) is 34.9. The Bertz CT molecular complexity index is 1410. The van der Waals surface area contributed by atoms with Gasteiger partial charge in [0.05, 0.1) is 11.4 Å². The molecule has 0 aliphatic carbocycles. The first kappa shape index (κ1) is 23.4. The van der Waals surface area contributed by atoms with Gasteiger partial charge in [-0.25, -0.2) is 9.48 Å². The van der Waals surface area contributed by atoms with E-state index < -0.39 is 23.8 Å². The zero-order valence-corrected chi connectivity index (χ0v) is 18.8. The van der Waals surface area contributed by atoms with E-state index in [0.29, 0.717) is 11.3 Å². The van der Waals surface area contributed by atoms with E-state index in [1.165, 1.54) is 6.08 Å². The normalized spacial score (nSPS) is 12.0. The predicted molar refractivity (Wildman–Crippen MR) is 134 cm³/mol. The number of primary amides is 1. The highest BCUT2D eigenvalue weighted by atomic mass is 16.4. The van der Waals surface area contributed by atoms with Crippen molar-refractivity contribution in [2.45, 2.75) is 18.9 Å². The fourth-order valence-electron chi connectivity index (χ4n) is 3.71. The summed E-state index contributed by atoms with van der Waals surface area (Å²) in [5.41, 5.74) is 8.19. The number of hydrogen-bond acceptors (Lipinski definition) is 4. The van der Waals surface area contributed by atoms with Crippen LogP contribution in [0.4, 0.5) is 0 Å². The van der Waals surface area contributed by atoms with Crippen molar-refractivity contribution in [1.29, 1.82) is 0 Å². The van der Waals surface area contributed by atoms with E-state index in [0.717, 1.165) is 22.0 Å². The Morgan fingerprint density at radius 1 is 1.00 bits per heavy atom. The van der Waals surface area contributed by atoms with Crippen molar-refractivity contribution in [3.63, 3.8) is 0 Å². The number of para-hydroxylation sites is 1. The Kier molecular flexibility index (Phi) is 7.02. The van der Waals surface area contributed by atoms with Crippen molar-refractivity contribution >= 4 is 34.6 Å². The van der Waals surface area contributed by atoms with Gasteiger partial charge in [0.25, 0.3) is 0 Å². The number of carbonyl (C=O) groups is 3. The molecule has 1 aromatic heterocycles. The number of nitrogens with one attached hydrogen (secondary N) is 1.